The molecule has 2 heterocycles. The molecule has 1 aromatic carbocycles. The average molecular weight is 271 g/mol. The van der Waals surface area contributed by atoms with Crippen molar-refractivity contribution < 1.29 is 4.42 Å². The maximum Gasteiger partial charge on any atom is 0.208 e. The first-order valence-corrected chi connectivity index (χ1v) is 7.19. The van der Waals surface area contributed by atoms with Crippen molar-refractivity contribution in [2.75, 3.05) is 6.54 Å². The fourth-order valence-electron chi connectivity index (χ4n) is 2.70. The first kappa shape index (κ1) is 13.3. The van der Waals surface area contributed by atoms with E-state index in [1.54, 1.807) is 0 Å². The highest BCUT2D eigenvalue weighted by atomic mass is 16.4. The van der Waals surface area contributed by atoms with E-state index >= 15 is 0 Å². The first-order valence-electron chi connectivity index (χ1n) is 7.19. The SMILES string of the molecule is Cc1nc(CNC2CCNCc3ccccc32)oc1C. The summed E-state index contributed by atoms with van der Waals surface area (Å²) < 4.78 is 5.64. The highest BCUT2D eigenvalue weighted by Gasteiger charge is 2.18. The minimum absolute atomic E-state index is 0.355. The number of hydrogen-bond donors (Lipinski definition) is 2. The van der Waals surface area contributed by atoms with Crippen LogP contribution in [0.5, 0.6) is 0 Å². The van der Waals surface area contributed by atoms with Crippen LogP contribution < -0.4 is 10.6 Å². The van der Waals surface area contributed by atoms with Crippen molar-refractivity contribution in [2.45, 2.75) is 39.4 Å². The average Bonchev–Trinajstić information content (AvgIpc) is 2.67. The number of oxazole rings is 1. The Morgan fingerprint density at radius 3 is 3.00 bits per heavy atom. The normalized spacial score (nSPS) is 18.6. The zero-order valence-electron chi connectivity index (χ0n) is 12.1. The Balaban J connectivity index is 1.73. The van der Waals surface area contributed by atoms with Crippen LogP contribution in [0.3, 0.4) is 0 Å². The van der Waals surface area contributed by atoms with Crippen molar-refractivity contribution in [1.82, 2.24) is 15.6 Å². The molecule has 1 aliphatic heterocycles. The highest BCUT2D eigenvalue weighted by Crippen LogP contribution is 2.23. The smallest absolute Gasteiger partial charge is 0.208 e. The van der Waals surface area contributed by atoms with Gasteiger partial charge in [0.15, 0.2) is 0 Å². The summed E-state index contributed by atoms with van der Waals surface area (Å²) in [7, 11) is 0. The number of benzene rings is 1. The molecule has 1 aromatic heterocycles. The molecular formula is C16H21N3O. The lowest BCUT2D eigenvalue weighted by Gasteiger charge is -2.18. The van der Waals surface area contributed by atoms with Crippen LogP contribution in [0.1, 0.15) is 40.9 Å². The topological polar surface area (TPSA) is 50.1 Å². The molecule has 0 saturated heterocycles. The van der Waals surface area contributed by atoms with E-state index < -0.39 is 0 Å². The van der Waals surface area contributed by atoms with Crippen LogP contribution in [0.15, 0.2) is 28.7 Å². The molecule has 2 N–H and O–H groups in total. The van der Waals surface area contributed by atoms with Gasteiger partial charge in [-0.3, -0.25) is 0 Å². The molecule has 1 atom stereocenters. The molecule has 1 aliphatic rings. The summed E-state index contributed by atoms with van der Waals surface area (Å²) in [5, 5.41) is 7.04. The number of hydrogen-bond acceptors (Lipinski definition) is 4. The minimum atomic E-state index is 0.355. The number of aromatic nitrogens is 1. The van der Waals surface area contributed by atoms with E-state index in [2.05, 4.69) is 39.9 Å². The van der Waals surface area contributed by atoms with Crippen LogP contribution in [-0.4, -0.2) is 11.5 Å². The van der Waals surface area contributed by atoms with Gasteiger partial charge in [-0.15, -0.1) is 0 Å². The number of nitrogens with one attached hydrogen (secondary N) is 2. The molecule has 2 aromatic rings. The van der Waals surface area contributed by atoms with E-state index in [4.69, 9.17) is 4.42 Å². The number of fused-ring (bicyclic) bond motifs is 1. The molecule has 0 amide bonds. The molecule has 0 fully saturated rings. The Bertz CT molecular complexity index is 572. The monoisotopic (exact) mass is 271 g/mol. The third-order valence-corrected chi connectivity index (χ3v) is 3.93. The van der Waals surface area contributed by atoms with Gasteiger partial charge in [-0.1, -0.05) is 24.3 Å². The van der Waals surface area contributed by atoms with E-state index in [0.717, 1.165) is 36.9 Å². The van der Waals surface area contributed by atoms with Crippen LogP contribution in [0.2, 0.25) is 0 Å². The minimum Gasteiger partial charge on any atom is -0.444 e. The molecule has 0 radical (unpaired) electrons. The lowest BCUT2D eigenvalue weighted by molar-refractivity contribution is 0.415. The Labute approximate surface area is 119 Å². The summed E-state index contributed by atoms with van der Waals surface area (Å²) in [6.45, 7) is 6.58. The van der Waals surface area contributed by atoms with Gasteiger partial charge in [-0.2, -0.15) is 0 Å². The van der Waals surface area contributed by atoms with Crippen molar-refractivity contribution in [1.29, 1.82) is 0 Å². The van der Waals surface area contributed by atoms with E-state index in [1.807, 2.05) is 13.8 Å². The van der Waals surface area contributed by atoms with Crippen molar-refractivity contribution >= 4 is 0 Å². The van der Waals surface area contributed by atoms with Gasteiger partial charge in [0.1, 0.15) is 5.76 Å². The van der Waals surface area contributed by atoms with Crippen molar-refractivity contribution in [3.8, 4) is 0 Å². The summed E-state index contributed by atoms with van der Waals surface area (Å²) in [5.74, 6) is 1.68. The van der Waals surface area contributed by atoms with Crippen molar-refractivity contribution in [3.63, 3.8) is 0 Å². The van der Waals surface area contributed by atoms with Gasteiger partial charge >= 0.3 is 0 Å². The van der Waals surface area contributed by atoms with Gasteiger partial charge in [0.05, 0.1) is 12.2 Å². The van der Waals surface area contributed by atoms with Gasteiger partial charge in [0.2, 0.25) is 5.89 Å². The Hall–Kier alpha value is -1.65. The van der Waals surface area contributed by atoms with E-state index in [-0.39, 0.29) is 0 Å². The fourth-order valence-corrected chi connectivity index (χ4v) is 2.70. The quantitative estimate of drug-likeness (QED) is 0.901. The lowest BCUT2D eigenvalue weighted by atomic mass is 9.99. The molecule has 4 heteroatoms. The molecule has 0 aliphatic carbocycles. The van der Waals surface area contributed by atoms with Gasteiger partial charge in [0.25, 0.3) is 0 Å². The van der Waals surface area contributed by atoms with Crippen LogP contribution in [0.25, 0.3) is 0 Å². The zero-order chi connectivity index (χ0) is 13.9. The predicted molar refractivity (Wildman–Crippen MR) is 78.3 cm³/mol. The Kier molecular flexibility index (Phi) is 3.85. The molecule has 0 bridgehead atoms. The largest absolute Gasteiger partial charge is 0.444 e. The zero-order valence-corrected chi connectivity index (χ0v) is 12.1. The summed E-state index contributed by atoms with van der Waals surface area (Å²) in [6.07, 6.45) is 1.08. The second kappa shape index (κ2) is 5.77. The number of rotatable bonds is 3. The van der Waals surface area contributed by atoms with Crippen LogP contribution >= 0.6 is 0 Å². The second-order valence-corrected chi connectivity index (χ2v) is 5.35. The highest BCUT2D eigenvalue weighted by molar-refractivity contribution is 5.31. The molecule has 0 saturated carbocycles. The second-order valence-electron chi connectivity index (χ2n) is 5.35. The summed E-state index contributed by atoms with van der Waals surface area (Å²) in [6, 6.07) is 8.98. The van der Waals surface area contributed by atoms with E-state index in [9.17, 15) is 0 Å². The lowest BCUT2D eigenvalue weighted by Crippen LogP contribution is -2.22. The number of nitrogens with zero attached hydrogens (tertiary/aromatic N) is 1. The standard InChI is InChI=1S/C16H21N3O/c1-11-12(2)20-16(19-11)10-18-15-7-8-17-9-13-5-3-4-6-14(13)15/h3-6,15,17-18H,7-10H2,1-2H3. The Morgan fingerprint density at radius 1 is 1.35 bits per heavy atom. The first-order chi connectivity index (χ1) is 9.74. The predicted octanol–water partition coefficient (Wildman–Crippen LogP) is 2.62. The molecule has 0 spiro atoms. The van der Waals surface area contributed by atoms with Gasteiger partial charge in [-0.25, -0.2) is 4.98 Å². The molecule has 1 unspecified atom stereocenters. The Morgan fingerprint density at radius 2 is 2.20 bits per heavy atom. The van der Waals surface area contributed by atoms with E-state index in [0.29, 0.717) is 12.6 Å². The van der Waals surface area contributed by atoms with Crippen LogP contribution in [0.4, 0.5) is 0 Å². The summed E-state index contributed by atoms with van der Waals surface area (Å²) >= 11 is 0. The maximum absolute atomic E-state index is 5.64. The third kappa shape index (κ3) is 2.76. The number of aryl methyl sites for hydroxylation is 2. The fraction of sp³-hybridized carbons (Fsp3) is 0.438. The van der Waals surface area contributed by atoms with Crippen molar-refractivity contribution in [2.24, 2.45) is 0 Å². The molecule has 20 heavy (non-hydrogen) atoms. The van der Waals surface area contributed by atoms with Gasteiger partial charge in [-0.05, 0) is 37.9 Å². The van der Waals surface area contributed by atoms with Crippen molar-refractivity contribution in [3.05, 3.63) is 52.7 Å². The third-order valence-electron chi connectivity index (χ3n) is 3.93. The molecule has 3 rings (SSSR count). The maximum atomic E-state index is 5.64. The van der Waals surface area contributed by atoms with Crippen LogP contribution in [-0.2, 0) is 13.1 Å². The van der Waals surface area contributed by atoms with Gasteiger partial charge in [0, 0.05) is 12.6 Å². The van der Waals surface area contributed by atoms with Crippen LogP contribution in [0, 0.1) is 13.8 Å². The molecule has 4 nitrogen and oxygen atoms in total. The summed E-state index contributed by atoms with van der Waals surface area (Å²) in [5.41, 5.74) is 3.74. The summed E-state index contributed by atoms with van der Waals surface area (Å²) in [4.78, 5) is 4.43. The molecule has 106 valence electrons. The molecular weight excluding hydrogens is 250 g/mol. The van der Waals surface area contributed by atoms with Gasteiger partial charge < -0.3 is 15.1 Å². The van der Waals surface area contributed by atoms with E-state index in [1.165, 1.54) is 11.1 Å².